The molecular formula is C13H24O3. The molecule has 0 aromatic heterocycles. The molecule has 0 radical (unpaired) electrons. The average molecular weight is 228 g/mol. The van der Waals surface area contributed by atoms with Gasteiger partial charge < -0.3 is 14.6 Å². The van der Waals surface area contributed by atoms with Crippen LogP contribution in [0.5, 0.6) is 0 Å². The smallest absolute Gasteiger partial charge is 0.187 e. The monoisotopic (exact) mass is 228 g/mol. The van der Waals surface area contributed by atoms with Gasteiger partial charge in [-0.25, -0.2) is 0 Å². The van der Waals surface area contributed by atoms with Crippen LogP contribution in [0.1, 0.15) is 33.1 Å². The number of aliphatic hydroxyl groups is 1. The summed E-state index contributed by atoms with van der Waals surface area (Å²) in [5.74, 6) is 0.0507. The normalized spacial score (nSPS) is 15.8. The van der Waals surface area contributed by atoms with Crippen molar-refractivity contribution in [2.45, 2.75) is 39.2 Å². The summed E-state index contributed by atoms with van der Waals surface area (Å²) in [6, 6.07) is 0. The number of aliphatic hydroxyl groups excluding tert-OH is 1. The average Bonchev–Trinajstić information content (AvgIpc) is 2.29. The van der Waals surface area contributed by atoms with Crippen molar-refractivity contribution < 1.29 is 14.6 Å². The van der Waals surface area contributed by atoms with Gasteiger partial charge >= 0.3 is 0 Å². The zero-order valence-electron chi connectivity index (χ0n) is 10.6. The van der Waals surface area contributed by atoms with Gasteiger partial charge in [0.15, 0.2) is 6.79 Å². The third-order valence-corrected chi connectivity index (χ3v) is 2.26. The van der Waals surface area contributed by atoms with E-state index in [4.69, 9.17) is 9.47 Å². The van der Waals surface area contributed by atoms with E-state index < -0.39 is 6.10 Å². The number of allylic oxidation sites excluding steroid dienone is 1. The van der Waals surface area contributed by atoms with Crippen LogP contribution in [-0.2, 0) is 9.47 Å². The minimum absolute atomic E-state index is 0.0507. The fraction of sp³-hybridized carbons (Fsp3) is 0.692. The molecule has 3 nitrogen and oxygen atoms in total. The van der Waals surface area contributed by atoms with Gasteiger partial charge in [0.2, 0.25) is 0 Å². The highest BCUT2D eigenvalue weighted by Gasteiger charge is 2.06. The van der Waals surface area contributed by atoms with E-state index in [2.05, 4.69) is 6.92 Å². The van der Waals surface area contributed by atoms with Gasteiger partial charge in [-0.1, -0.05) is 38.8 Å². The summed E-state index contributed by atoms with van der Waals surface area (Å²) >= 11 is 0. The maximum absolute atomic E-state index is 9.75. The van der Waals surface area contributed by atoms with Crippen LogP contribution in [0.4, 0.5) is 0 Å². The quantitative estimate of drug-likeness (QED) is 0.285. The van der Waals surface area contributed by atoms with E-state index in [0.29, 0.717) is 0 Å². The summed E-state index contributed by atoms with van der Waals surface area (Å²) in [6.45, 7) is 4.34. The van der Waals surface area contributed by atoms with E-state index in [9.17, 15) is 5.11 Å². The van der Waals surface area contributed by atoms with E-state index in [0.717, 1.165) is 6.42 Å². The molecule has 0 amide bonds. The van der Waals surface area contributed by atoms with Crippen molar-refractivity contribution in [1.82, 2.24) is 0 Å². The van der Waals surface area contributed by atoms with Crippen molar-refractivity contribution >= 4 is 0 Å². The maximum Gasteiger partial charge on any atom is 0.187 e. The molecule has 0 spiro atoms. The van der Waals surface area contributed by atoms with E-state index in [1.807, 2.05) is 25.2 Å². The van der Waals surface area contributed by atoms with Crippen molar-refractivity contribution in [2.75, 3.05) is 13.9 Å². The van der Waals surface area contributed by atoms with Crippen molar-refractivity contribution in [3.63, 3.8) is 0 Å². The largest absolute Gasteiger partial charge is 0.475 e. The Hall–Kier alpha value is -0.800. The minimum Gasteiger partial charge on any atom is -0.475 e. The molecule has 0 aliphatic carbocycles. The Bertz CT molecular complexity index is 177. The van der Waals surface area contributed by atoms with Gasteiger partial charge in [-0.2, -0.15) is 0 Å². The van der Waals surface area contributed by atoms with Gasteiger partial charge in [0.05, 0.1) is 12.4 Å². The summed E-state index contributed by atoms with van der Waals surface area (Å²) in [4.78, 5) is 0. The maximum atomic E-state index is 9.75. The molecule has 0 fully saturated rings. The molecule has 0 aromatic rings. The topological polar surface area (TPSA) is 38.7 Å². The highest BCUT2D eigenvalue weighted by atomic mass is 16.7. The Balaban J connectivity index is 3.75. The van der Waals surface area contributed by atoms with Crippen molar-refractivity contribution in [3.05, 3.63) is 24.5 Å². The van der Waals surface area contributed by atoms with E-state index in [1.54, 1.807) is 13.4 Å². The van der Waals surface area contributed by atoms with Gasteiger partial charge in [-0.15, -0.1) is 0 Å². The summed E-state index contributed by atoms with van der Waals surface area (Å²) in [7, 11) is 1.57. The Morgan fingerprint density at radius 1 is 1.31 bits per heavy atom. The molecule has 94 valence electrons. The van der Waals surface area contributed by atoms with Gasteiger partial charge in [0, 0.05) is 13.0 Å². The lowest BCUT2D eigenvalue weighted by molar-refractivity contribution is 0.0189. The van der Waals surface area contributed by atoms with Gasteiger partial charge in [-0.05, 0) is 12.5 Å². The molecule has 0 bridgehead atoms. The third kappa shape index (κ3) is 8.50. The summed E-state index contributed by atoms with van der Waals surface area (Å²) < 4.78 is 9.73. The zero-order valence-corrected chi connectivity index (χ0v) is 10.6. The molecule has 0 aliphatic heterocycles. The Morgan fingerprint density at radius 3 is 2.69 bits per heavy atom. The van der Waals surface area contributed by atoms with E-state index in [1.165, 1.54) is 12.8 Å². The highest BCUT2D eigenvalue weighted by Crippen LogP contribution is 2.07. The van der Waals surface area contributed by atoms with E-state index >= 15 is 0 Å². The van der Waals surface area contributed by atoms with Gasteiger partial charge in [0.25, 0.3) is 0 Å². The lowest BCUT2D eigenvalue weighted by Crippen LogP contribution is -2.12. The van der Waals surface area contributed by atoms with Crippen LogP contribution < -0.4 is 0 Å². The fourth-order valence-electron chi connectivity index (χ4n) is 1.13. The SMILES string of the molecule is CCCC/C=C/[C@H](O)[C@H](C)/C=C/OCOC. The summed E-state index contributed by atoms with van der Waals surface area (Å²) in [5, 5.41) is 9.75. The summed E-state index contributed by atoms with van der Waals surface area (Å²) in [6.07, 6.45) is 10.2. The number of rotatable bonds is 9. The third-order valence-electron chi connectivity index (χ3n) is 2.26. The molecule has 0 heterocycles. The first-order valence-electron chi connectivity index (χ1n) is 5.84. The number of methoxy groups -OCH3 is 1. The van der Waals surface area contributed by atoms with Gasteiger partial charge in [-0.3, -0.25) is 0 Å². The molecule has 0 aromatic carbocycles. The number of hydrogen-bond acceptors (Lipinski definition) is 3. The first kappa shape index (κ1) is 15.2. The predicted octanol–water partition coefficient (Wildman–Crippen LogP) is 2.86. The minimum atomic E-state index is -0.445. The number of ether oxygens (including phenoxy) is 2. The molecule has 0 aliphatic rings. The Labute approximate surface area is 98.8 Å². The highest BCUT2D eigenvalue weighted by molar-refractivity contribution is 4.96. The van der Waals surface area contributed by atoms with Gasteiger partial charge in [0.1, 0.15) is 0 Å². The summed E-state index contributed by atoms with van der Waals surface area (Å²) in [5.41, 5.74) is 0. The predicted molar refractivity (Wildman–Crippen MR) is 65.9 cm³/mol. The fourth-order valence-corrected chi connectivity index (χ4v) is 1.13. The van der Waals surface area contributed by atoms with Crippen molar-refractivity contribution in [3.8, 4) is 0 Å². The van der Waals surface area contributed by atoms with Crippen LogP contribution in [0.15, 0.2) is 24.5 Å². The second-order valence-corrected chi connectivity index (χ2v) is 3.82. The number of unbranched alkanes of at least 4 members (excludes halogenated alkanes) is 2. The van der Waals surface area contributed by atoms with Crippen LogP contribution in [0.3, 0.4) is 0 Å². The van der Waals surface area contributed by atoms with Crippen LogP contribution in [0.2, 0.25) is 0 Å². The molecular weight excluding hydrogens is 204 g/mol. The van der Waals surface area contributed by atoms with E-state index in [-0.39, 0.29) is 12.7 Å². The molecule has 0 saturated heterocycles. The van der Waals surface area contributed by atoms with Crippen molar-refractivity contribution in [2.24, 2.45) is 5.92 Å². The standard InChI is InChI=1S/C13H24O3/c1-4-5-6-7-8-13(14)12(2)9-10-16-11-15-3/h7-10,12-14H,4-6,11H2,1-3H3/b8-7+,10-9+/t12-,13+/m1/s1. The molecule has 16 heavy (non-hydrogen) atoms. The molecule has 3 heteroatoms. The van der Waals surface area contributed by atoms with Crippen LogP contribution in [0, 0.1) is 5.92 Å². The lowest BCUT2D eigenvalue weighted by atomic mass is 10.0. The first-order chi connectivity index (χ1) is 7.72. The molecule has 0 saturated carbocycles. The van der Waals surface area contributed by atoms with Crippen LogP contribution in [0.25, 0.3) is 0 Å². The Morgan fingerprint density at radius 2 is 2.06 bits per heavy atom. The Kier molecular flexibility index (Phi) is 10.2. The second kappa shape index (κ2) is 10.7. The first-order valence-corrected chi connectivity index (χ1v) is 5.84. The number of hydrogen-bond donors (Lipinski definition) is 1. The second-order valence-electron chi connectivity index (χ2n) is 3.82. The molecule has 2 atom stereocenters. The van der Waals surface area contributed by atoms with Crippen molar-refractivity contribution in [1.29, 1.82) is 0 Å². The molecule has 1 N–H and O–H groups in total. The molecule has 0 rings (SSSR count). The van der Waals surface area contributed by atoms with Crippen LogP contribution >= 0.6 is 0 Å². The van der Waals surface area contributed by atoms with Crippen LogP contribution in [-0.4, -0.2) is 25.1 Å². The zero-order chi connectivity index (χ0) is 12.2. The lowest BCUT2D eigenvalue weighted by Gasteiger charge is -2.10. The molecule has 0 unspecified atom stereocenters.